The Hall–Kier alpha value is -3.01. The van der Waals surface area contributed by atoms with Gasteiger partial charge in [-0.15, -0.1) is 24.0 Å². The summed E-state index contributed by atoms with van der Waals surface area (Å²) < 4.78 is 22.0. The lowest BCUT2D eigenvalue weighted by Crippen LogP contribution is -2.33. The zero-order valence-electron chi connectivity index (χ0n) is 25.3. The van der Waals surface area contributed by atoms with E-state index in [-0.39, 0.29) is 84.2 Å². The Bertz CT molecular complexity index is 1410. The fourth-order valence-corrected chi connectivity index (χ4v) is 5.33. The number of thioether (sulfide) groups is 2. The van der Waals surface area contributed by atoms with E-state index in [2.05, 4.69) is 5.32 Å². The van der Waals surface area contributed by atoms with Gasteiger partial charge in [0.25, 0.3) is 0 Å². The molecule has 2 aromatic rings. The number of halogens is 2. The predicted molar refractivity (Wildman–Crippen MR) is 181 cm³/mol. The molecule has 1 amide bonds. The fourth-order valence-electron chi connectivity index (χ4n) is 4.28. The molecule has 12 nitrogen and oxygen atoms in total. The van der Waals surface area contributed by atoms with Crippen LogP contribution >= 0.6 is 47.5 Å². The van der Waals surface area contributed by atoms with Crippen LogP contribution in [0.15, 0.2) is 30.3 Å². The minimum absolute atomic E-state index is 0. The summed E-state index contributed by atoms with van der Waals surface area (Å²) in [7, 11) is 0. The van der Waals surface area contributed by atoms with Gasteiger partial charge < -0.3 is 35.7 Å². The molecule has 0 radical (unpaired) electrons. The Morgan fingerprint density at radius 1 is 0.804 bits per heavy atom. The highest BCUT2D eigenvalue weighted by molar-refractivity contribution is 7.98. The molecule has 0 aliphatic heterocycles. The molecule has 0 bridgehead atoms. The molecule has 5 N–H and O–H groups in total. The molecule has 16 heteroatoms. The van der Waals surface area contributed by atoms with Gasteiger partial charge in [-0.05, 0) is 49.0 Å². The number of alkyl halides is 1. The number of esters is 2. The van der Waals surface area contributed by atoms with Gasteiger partial charge in [-0.2, -0.15) is 23.5 Å². The van der Waals surface area contributed by atoms with Crippen molar-refractivity contribution >= 4 is 82.6 Å². The first-order valence-corrected chi connectivity index (χ1v) is 17.3. The lowest BCUT2D eigenvalue weighted by atomic mass is 9.82. The SMILES string of the molecule is CSCC[C@H](N)C(=O)OCCOc1cccc2c1C(=O)c1c(OCCOC(=O)[C@@H](N)CCSC)cc(NC(=O)CCl)cc1C2=O.Cl. The second-order valence-electron chi connectivity index (χ2n) is 9.72. The molecule has 0 unspecified atom stereocenters. The lowest BCUT2D eigenvalue weighted by Gasteiger charge is -2.23. The molecule has 2 atom stereocenters. The number of amides is 1. The number of ketones is 2. The molecule has 0 saturated heterocycles. The van der Waals surface area contributed by atoms with E-state index in [1.807, 2.05) is 12.5 Å². The monoisotopic (exact) mass is 717 g/mol. The first-order chi connectivity index (χ1) is 21.6. The summed E-state index contributed by atoms with van der Waals surface area (Å²) in [6.07, 6.45) is 4.73. The standard InChI is InChI=1S/C30H36ClN3O9S2.ClH/c1-44-12-6-20(32)29(38)42-10-8-40-22-5-3-4-18-25(22)28(37)26-19(27(18)36)14-17(34-24(35)16-31)15-23(26)41-9-11-43-30(39)21(33)7-13-45-2;/h3-5,14-15,20-21H,6-13,16,32-33H2,1-2H3,(H,34,35);1H/t20-,21-;/m0./s1. The van der Waals surface area contributed by atoms with Gasteiger partial charge in [0.2, 0.25) is 11.7 Å². The van der Waals surface area contributed by atoms with Crippen LogP contribution in [-0.4, -0.2) is 97.8 Å². The summed E-state index contributed by atoms with van der Waals surface area (Å²) in [6, 6.07) is 5.78. The largest absolute Gasteiger partial charge is 0.489 e. The van der Waals surface area contributed by atoms with Crippen LogP contribution in [0.4, 0.5) is 5.69 Å². The zero-order valence-corrected chi connectivity index (χ0v) is 28.5. The predicted octanol–water partition coefficient (Wildman–Crippen LogP) is 3.07. The van der Waals surface area contributed by atoms with Gasteiger partial charge in [0, 0.05) is 22.9 Å². The normalized spacial score (nSPS) is 13.0. The Morgan fingerprint density at radius 2 is 1.35 bits per heavy atom. The van der Waals surface area contributed by atoms with Crippen molar-refractivity contribution in [2.24, 2.45) is 11.5 Å². The Labute approximate surface area is 286 Å². The van der Waals surface area contributed by atoms with Crippen molar-refractivity contribution in [3.63, 3.8) is 0 Å². The Morgan fingerprint density at radius 3 is 1.89 bits per heavy atom. The number of anilines is 1. The molecule has 1 aliphatic carbocycles. The van der Waals surface area contributed by atoms with Crippen molar-refractivity contribution in [2.45, 2.75) is 24.9 Å². The number of benzene rings is 2. The molecule has 0 spiro atoms. The Kier molecular flexibility index (Phi) is 16.7. The number of rotatable bonds is 18. The minimum Gasteiger partial charge on any atom is -0.489 e. The number of fused-ring (bicyclic) bond motifs is 2. The molecular weight excluding hydrogens is 681 g/mol. The average molecular weight is 719 g/mol. The van der Waals surface area contributed by atoms with Crippen molar-refractivity contribution in [1.82, 2.24) is 0 Å². The first kappa shape index (κ1) is 39.2. The smallest absolute Gasteiger partial charge is 0.323 e. The second-order valence-corrected chi connectivity index (χ2v) is 12.0. The van der Waals surface area contributed by atoms with E-state index in [9.17, 15) is 24.0 Å². The highest BCUT2D eigenvalue weighted by atomic mass is 35.5. The zero-order chi connectivity index (χ0) is 32.9. The highest BCUT2D eigenvalue weighted by Gasteiger charge is 2.36. The highest BCUT2D eigenvalue weighted by Crippen LogP contribution is 2.39. The summed E-state index contributed by atoms with van der Waals surface area (Å²) in [4.78, 5) is 63.9. The number of ether oxygens (including phenoxy) is 4. The van der Waals surface area contributed by atoms with E-state index >= 15 is 0 Å². The molecule has 0 fully saturated rings. The molecule has 0 heterocycles. The van der Waals surface area contributed by atoms with Crippen LogP contribution in [0.25, 0.3) is 0 Å². The molecular formula is C30H37Cl2N3O9S2. The van der Waals surface area contributed by atoms with E-state index in [4.69, 9.17) is 42.0 Å². The van der Waals surface area contributed by atoms with Crippen LogP contribution in [0.2, 0.25) is 0 Å². The lowest BCUT2D eigenvalue weighted by molar-refractivity contribution is -0.146. The van der Waals surface area contributed by atoms with Crippen molar-refractivity contribution in [2.75, 3.05) is 61.6 Å². The van der Waals surface area contributed by atoms with Gasteiger partial charge in [-0.3, -0.25) is 24.0 Å². The van der Waals surface area contributed by atoms with Gasteiger partial charge in [0.1, 0.15) is 55.9 Å². The van der Waals surface area contributed by atoms with Crippen LogP contribution in [0, 0.1) is 0 Å². The van der Waals surface area contributed by atoms with Gasteiger partial charge in [0.05, 0.1) is 11.1 Å². The summed E-state index contributed by atoms with van der Waals surface area (Å²) in [6.45, 7) is -0.558. The Balaban J connectivity index is 0.00000736. The van der Waals surface area contributed by atoms with Crippen molar-refractivity contribution in [3.05, 3.63) is 52.6 Å². The van der Waals surface area contributed by atoms with Crippen LogP contribution in [-0.2, 0) is 23.9 Å². The molecule has 252 valence electrons. The van der Waals surface area contributed by atoms with E-state index < -0.39 is 41.5 Å². The van der Waals surface area contributed by atoms with Gasteiger partial charge in [-0.1, -0.05) is 12.1 Å². The number of nitrogens with one attached hydrogen (secondary N) is 1. The third kappa shape index (κ3) is 10.5. The first-order valence-electron chi connectivity index (χ1n) is 14.0. The quantitative estimate of drug-likeness (QED) is 0.0991. The number of nitrogens with two attached hydrogens (primary N) is 2. The number of hydrogen-bond donors (Lipinski definition) is 3. The maximum atomic E-state index is 13.9. The molecule has 1 aliphatic rings. The fraction of sp³-hybridized carbons (Fsp3) is 0.433. The molecule has 2 aromatic carbocycles. The third-order valence-corrected chi connectivity index (χ3v) is 8.05. The van der Waals surface area contributed by atoms with Crippen LogP contribution in [0.5, 0.6) is 11.5 Å². The third-order valence-electron chi connectivity index (χ3n) is 6.52. The van der Waals surface area contributed by atoms with E-state index in [1.165, 1.54) is 24.3 Å². The van der Waals surface area contributed by atoms with Gasteiger partial charge in [0.15, 0.2) is 5.78 Å². The van der Waals surface area contributed by atoms with Crippen LogP contribution in [0.1, 0.15) is 44.7 Å². The number of hydrogen-bond acceptors (Lipinski definition) is 13. The number of carbonyl (C=O) groups excluding carboxylic acids is 5. The molecule has 3 rings (SSSR count). The van der Waals surface area contributed by atoms with E-state index in [0.29, 0.717) is 24.3 Å². The van der Waals surface area contributed by atoms with Gasteiger partial charge in [-0.25, -0.2) is 0 Å². The van der Waals surface area contributed by atoms with Crippen LogP contribution in [0.3, 0.4) is 0 Å². The summed E-state index contributed by atoms with van der Waals surface area (Å²) >= 11 is 8.76. The van der Waals surface area contributed by atoms with Crippen molar-refractivity contribution in [3.8, 4) is 11.5 Å². The summed E-state index contributed by atoms with van der Waals surface area (Å²) in [5.41, 5.74) is 11.9. The second kappa shape index (κ2) is 19.6. The average Bonchev–Trinajstić information content (AvgIpc) is 3.04. The van der Waals surface area contributed by atoms with Crippen LogP contribution < -0.4 is 26.3 Å². The maximum absolute atomic E-state index is 13.9. The number of carbonyl (C=O) groups is 5. The van der Waals surface area contributed by atoms with E-state index in [1.54, 1.807) is 29.6 Å². The van der Waals surface area contributed by atoms with E-state index in [0.717, 1.165) is 0 Å². The summed E-state index contributed by atoms with van der Waals surface area (Å²) in [5, 5.41) is 2.56. The topological polar surface area (TPSA) is 186 Å². The summed E-state index contributed by atoms with van der Waals surface area (Å²) in [5.74, 6) is -1.60. The van der Waals surface area contributed by atoms with Crippen molar-refractivity contribution in [1.29, 1.82) is 0 Å². The maximum Gasteiger partial charge on any atom is 0.323 e. The van der Waals surface area contributed by atoms with Crippen molar-refractivity contribution < 1.29 is 42.9 Å². The molecule has 46 heavy (non-hydrogen) atoms. The molecule has 0 saturated carbocycles. The van der Waals surface area contributed by atoms with Gasteiger partial charge >= 0.3 is 11.9 Å². The molecule has 0 aromatic heterocycles. The minimum atomic E-state index is -0.783.